The van der Waals surface area contributed by atoms with Gasteiger partial charge in [0.15, 0.2) is 0 Å². The number of carbonyl (C=O) groups is 2. The van der Waals surface area contributed by atoms with Crippen LogP contribution in [0.5, 0.6) is 11.5 Å². The molecular weight excluding hydrogens is 516 g/mol. The van der Waals surface area contributed by atoms with Gasteiger partial charge in [-0.3, -0.25) is 19.7 Å². The second-order valence-corrected chi connectivity index (χ2v) is 11.1. The van der Waals surface area contributed by atoms with E-state index in [4.69, 9.17) is 24.7 Å². The number of carbonyl (C=O) groups excluding carboxylic acids is 2. The molecule has 222 valence electrons. The first kappa shape index (κ1) is 34.2. The molecule has 0 saturated heterocycles. The second kappa shape index (κ2) is 17.0. The molecule has 0 bridgehead atoms. The summed E-state index contributed by atoms with van der Waals surface area (Å²) in [5, 5.41) is 10.5. The monoisotopic (exact) mass is 560 g/mol. The molecule has 2 N–H and O–H groups in total. The normalized spacial score (nSPS) is 11.1. The smallest absolute Gasteiger partial charge is 0.306 e. The highest BCUT2D eigenvalue weighted by molar-refractivity contribution is 5.70. The van der Waals surface area contributed by atoms with Crippen molar-refractivity contribution in [2.75, 3.05) is 18.9 Å². The molecule has 0 amide bonds. The Morgan fingerprint density at radius 2 is 1.07 bits per heavy atom. The third kappa shape index (κ3) is 17.6. The Morgan fingerprint density at radius 1 is 0.700 bits per heavy atom. The quantitative estimate of drug-likeness (QED) is 0.0937. The van der Waals surface area contributed by atoms with Crippen molar-refractivity contribution in [2.45, 2.75) is 91.3 Å². The zero-order chi connectivity index (χ0) is 30.2. The van der Waals surface area contributed by atoms with Gasteiger partial charge in [-0.2, -0.15) is 0 Å². The second-order valence-electron chi connectivity index (χ2n) is 11.1. The van der Waals surface area contributed by atoms with Gasteiger partial charge in [0.25, 0.3) is 5.69 Å². The van der Waals surface area contributed by atoms with Crippen LogP contribution in [0.15, 0.2) is 48.5 Å². The molecule has 0 radical (unpaired) electrons. The number of hydrogen-bond donors (Lipinski definition) is 1. The molecule has 40 heavy (non-hydrogen) atoms. The summed E-state index contributed by atoms with van der Waals surface area (Å²) in [6, 6.07) is 13.2. The maximum Gasteiger partial charge on any atom is 0.306 e. The molecule has 10 nitrogen and oxygen atoms in total. The number of unbranched alkanes of at least 4 members (excludes halogenated alkanes) is 2. The fourth-order valence-electron chi connectivity index (χ4n) is 3.14. The Kier molecular flexibility index (Phi) is 14.5. The maximum atomic E-state index is 11.5. The van der Waals surface area contributed by atoms with Gasteiger partial charge in [-0.25, -0.2) is 0 Å². The number of nitrogens with two attached hydrogens (primary N) is 1. The lowest BCUT2D eigenvalue weighted by Gasteiger charge is -2.19. The van der Waals surface area contributed by atoms with Crippen LogP contribution < -0.4 is 15.2 Å². The van der Waals surface area contributed by atoms with Gasteiger partial charge in [0.05, 0.1) is 18.1 Å². The summed E-state index contributed by atoms with van der Waals surface area (Å²) in [4.78, 5) is 33.0. The van der Waals surface area contributed by atoms with E-state index < -0.39 is 16.1 Å². The Morgan fingerprint density at radius 3 is 1.43 bits per heavy atom. The van der Waals surface area contributed by atoms with Crippen LogP contribution in [0, 0.1) is 10.1 Å². The maximum absolute atomic E-state index is 11.5. The van der Waals surface area contributed by atoms with E-state index in [0.29, 0.717) is 38.2 Å². The lowest BCUT2D eigenvalue weighted by molar-refractivity contribution is -0.384. The average molecular weight is 561 g/mol. The van der Waals surface area contributed by atoms with Gasteiger partial charge in [-0.05, 0) is 104 Å². The summed E-state index contributed by atoms with van der Waals surface area (Å²) < 4.78 is 21.4. The van der Waals surface area contributed by atoms with E-state index in [9.17, 15) is 19.7 Å². The molecule has 0 aliphatic carbocycles. The Hall–Kier alpha value is -3.82. The van der Waals surface area contributed by atoms with E-state index in [1.807, 2.05) is 53.7 Å². The molecule has 0 atom stereocenters. The van der Waals surface area contributed by atoms with Gasteiger partial charge in [0, 0.05) is 30.7 Å². The third-order valence-electron chi connectivity index (χ3n) is 4.86. The van der Waals surface area contributed by atoms with Crippen molar-refractivity contribution in [3.05, 3.63) is 58.6 Å². The SMILES string of the molecule is CC(C)(C)OC(=O)CCCCOc1ccc(N)cc1.CC(C)(C)OC(=O)CCCCOc1ccc([N+](=O)[O-])cc1. The lowest BCUT2D eigenvalue weighted by Crippen LogP contribution is -2.23. The average Bonchev–Trinajstić information content (AvgIpc) is 2.83. The Bertz CT molecular complexity index is 1040. The predicted molar refractivity (Wildman–Crippen MR) is 154 cm³/mol. The van der Waals surface area contributed by atoms with Gasteiger partial charge in [0.1, 0.15) is 22.7 Å². The number of ether oxygens (including phenoxy) is 4. The Balaban J connectivity index is 0.000000402. The number of nitrogens with zero attached hydrogens (tertiary/aromatic N) is 1. The summed E-state index contributed by atoms with van der Waals surface area (Å²) in [7, 11) is 0. The van der Waals surface area contributed by atoms with Crippen LogP contribution in [0.25, 0.3) is 0 Å². The summed E-state index contributed by atoms with van der Waals surface area (Å²) in [5.74, 6) is 1.02. The van der Waals surface area contributed by atoms with Crippen molar-refractivity contribution < 1.29 is 33.5 Å². The van der Waals surface area contributed by atoms with Crippen molar-refractivity contribution >= 4 is 23.3 Å². The standard InChI is InChI=1S/C15H21NO5.C15H23NO3/c1-15(2,3)21-14(17)6-4-5-11-20-13-9-7-12(8-10-13)16(18)19;1-15(2,3)19-14(17)6-4-5-11-18-13-9-7-12(16)8-10-13/h7-10H,4-6,11H2,1-3H3;7-10H,4-6,11,16H2,1-3H3. The molecule has 10 heteroatoms. The molecule has 2 aromatic rings. The lowest BCUT2D eigenvalue weighted by atomic mass is 10.2. The van der Waals surface area contributed by atoms with E-state index in [2.05, 4.69) is 0 Å². The number of nitrogen functional groups attached to an aromatic ring is 1. The fourth-order valence-corrected chi connectivity index (χ4v) is 3.14. The zero-order valence-electron chi connectivity index (χ0n) is 24.6. The largest absolute Gasteiger partial charge is 0.494 e. The number of non-ortho nitro benzene ring substituents is 1. The van der Waals surface area contributed by atoms with Crippen molar-refractivity contribution in [2.24, 2.45) is 0 Å². The molecule has 0 spiro atoms. The minimum Gasteiger partial charge on any atom is -0.494 e. The highest BCUT2D eigenvalue weighted by Gasteiger charge is 2.16. The molecule has 2 aromatic carbocycles. The number of nitro benzene ring substituents is 1. The van der Waals surface area contributed by atoms with Crippen LogP contribution in [-0.2, 0) is 19.1 Å². The molecule has 2 rings (SSSR count). The number of benzene rings is 2. The van der Waals surface area contributed by atoms with Crippen LogP contribution in [0.2, 0.25) is 0 Å². The number of hydrogen-bond acceptors (Lipinski definition) is 9. The van der Waals surface area contributed by atoms with E-state index in [1.54, 1.807) is 24.3 Å². The van der Waals surface area contributed by atoms with Crippen LogP contribution in [0.4, 0.5) is 11.4 Å². The van der Waals surface area contributed by atoms with Crippen molar-refractivity contribution in [1.82, 2.24) is 0 Å². The summed E-state index contributed by atoms with van der Waals surface area (Å²) in [5.41, 5.74) is 5.48. The minimum absolute atomic E-state index is 0.0345. The molecule has 0 aliphatic heterocycles. The van der Waals surface area contributed by atoms with Gasteiger partial charge in [-0.15, -0.1) is 0 Å². The minimum atomic E-state index is -0.454. The number of rotatable bonds is 13. The summed E-state index contributed by atoms with van der Waals surface area (Å²) in [6.45, 7) is 12.2. The molecule has 0 unspecified atom stereocenters. The van der Waals surface area contributed by atoms with Crippen LogP contribution in [0.3, 0.4) is 0 Å². The van der Waals surface area contributed by atoms with Crippen molar-refractivity contribution in [3.8, 4) is 11.5 Å². The van der Waals surface area contributed by atoms with Crippen LogP contribution in [0.1, 0.15) is 80.1 Å². The van der Waals surface area contributed by atoms with Crippen molar-refractivity contribution in [3.63, 3.8) is 0 Å². The number of nitro groups is 1. The Labute approximate surface area is 237 Å². The van der Waals surface area contributed by atoms with Crippen LogP contribution in [-0.4, -0.2) is 41.3 Å². The highest BCUT2D eigenvalue weighted by Crippen LogP contribution is 2.18. The first-order chi connectivity index (χ1) is 18.6. The summed E-state index contributed by atoms with van der Waals surface area (Å²) >= 11 is 0. The predicted octanol–water partition coefficient (Wildman–Crippen LogP) is 6.65. The molecule has 0 aromatic heterocycles. The van der Waals surface area contributed by atoms with Gasteiger partial charge < -0.3 is 24.7 Å². The van der Waals surface area contributed by atoms with Gasteiger partial charge in [-0.1, -0.05) is 0 Å². The molecular formula is C30H44N2O8. The highest BCUT2D eigenvalue weighted by atomic mass is 16.6. The number of esters is 2. The van der Waals surface area contributed by atoms with Crippen LogP contribution >= 0.6 is 0 Å². The van der Waals surface area contributed by atoms with E-state index >= 15 is 0 Å². The van der Waals surface area contributed by atoms with Crippen molar-refractivity contribution in [1.29, 1.82) is 0 Å². The van der Waals surface area contributed by atoms with E-state index in [-0.39, 0.29) is 17.6 Å². The zero-order valence-corrected chi connectivity index (χ0v) is 24.6. The van der Waals surface area contributed by atoms with E-state index in [1.165, 1.54) is 12.1 Å². The molecule has 0 saturated carbocycles. The fraction of sp³-hybridized carbons (Fsp3) is 0.533. The van der Waals surface area contributed by atoms with Gasteiger partial charge >= 0.3 is 11.9 Å². The topological polar surface area (TPSA) is 140 Å². The third-order valence-corrected chi connectivity index (χ3v) is 4.86. The molecule has 0 heterocycles. The molecule has 0 aliphatic rings. The first-order valence-corrected chi connectivity index (χ1v) is 13.4. The molecule has 0 fully saturated rings. The van der Waals surface area contributed by atoms with E-state index in [0.717, 1.165) is 30.7 Å². The first-order valence-electron chi connectivity index (χ1n) is 13.4. The number of anilines is 1. The van der Waals surface area contributed by atoms with Gasteiger partial charge in [0.2, 0.25) is 0 Å². The summed E-state index contributed by atoms with van der Waals surface area (Å²) in [6.07, 6.45) is 3.79.